The Morgan fingerprint density at radius 2 is 1.46 bits per heavy atom. The second kappa shape index (κ2) is 9.77. The number of ether oxygens (including phenoxy) is 2. The van der Waals surface area contributed by atoms with E-state index >= 15 is 0 Å². The monoisotopic (exact) mass is 473 g/mol. The average molecular weight is 474 g/mol. The highest BCUT2D eigenvalue weighted by Gasteiger charge is 2.44. The van der Waals surface area contributed by atoms with Crippen LogP contribution in [-0.4, -0.2) is 48.7 Å². The lowest BCUT2D eigenvalue weighted by Gasteiger charge is -2.48. The van der Waals surface area contributed by atoms with Crippen LogP contribution in [-0.2, 0) is 14.3 Å². The zero-order valence-corrected chi connectivity index (χ0v) is 20.4. The number of rotatable bonds is 5. The molecule has 0 aromatic heterocycles. The van der Waals surface area contributed by atoms with E-state index in [0.717, 1.165) is 58.2 Å². The van der Waals surface area contributed by atoms with Gasteiger partial charge in [-0.1, -0.05) is 48.5 Å². The van der Waals surface area contributed by atoms with Crippen LogP contribution in [0.4, 0.5) is 4.79 Å². The molecule has 4 aliphatic rings. The quantitative estimate of drug-likeness (QED) is 0.538. The van der Waals surface area contributed by atoms with Crippen molar-refractivity contribution in [2.24, 2.45) is 11.8 Å². The third kappa shape index (κ3) is 4.40. The van der Waals surface area contributed by atoms with Gasteiger partial charge in [0.1, 0.15) is 12.4 Å². The predicted octanol–water partition coefficient (Wildman–Crippen LogP) is 5.95. The summed E-state index contributed by atoms with van der Waals surface area (Å²) in [6.07, 6.45) is 7.14. The molecule has 2 aromatic carbocycles. The predicted molar refractivity (Wildman–Crippen MR) is 134 cm³/mol. The van der Waals surface area contributed by atoms with Gasteiger partial charge in [0.25, 0.3) is 0 Å². The van der Waals surface area contributed by atoms with Crippen molar-refractivity contribution in [2.75, 3.05) is 19.8 Å². The summed E-state index contributed by atoms with van der Waals surface area (Å²) in [6, 6.07) is 17.1. The first-order valence-electron chi connectivity index (χ1n) is 13.4. The maximum atomic E-state index is 13.4. The summed E-state index contributed by atoms with van der Waals surface area (Å²) < 4.78 is 11.5. The van der Waals surface area contributed by atoms with Crippen LogP contribution in [0.15, 0.2) is 48.5 Å². The summed E-state index contributed by atoms with van der Waals surface area (Å²) in [4.78, 5) is 28.5. The molecular weight excluding hydrogens is 438 g/mol. The van der Waals surface area contributed by atoms with Crippen LogP contribution in [0, 0.1) is 11.8 Å². The van der Waals surface area contributed by atoms with Crippen LogP contribution < -0.4 is 0 Å². The third-order valence-corrected chi connectivity index (χ3v) is 8.81. The Kier molecular flexibility index (Phi) is 6.36. The standard InChI is InChI=1S/C30H35NO4/c32-29(16-20-12-14-34-15-13-20)21-17-22-6-5-7-23(18-21)31(22)30(33)35-19-28-26-10-3-1-8-24(26)25-9-2-4-11-27(25)28/h1-4,8-11,20-23,28H,5-7,12-19H2. The normalized spacial score (nSPS) is 26.2. The SMILES string of the molecule is O=C(CC1CCOCC1)C1CC2CCCC(C1)N2C(=O)OCC1c2ccccc2-c2ccccc21. The number of fused-ring (bicyclic) bond motifs is 5. The van der Waals surface area contributed by atoms with Gasteiger partial charge in [-0.2, -0.15) is 0 Å². The average Bonchev–Trinajstić information content (AvgIpc) is 3.21. The van der Waals surface area contributed by atoms with Crippen LogP contribution in [0.3, 0.4) is 0 Å². The Bertz CT molecular complexity index is 1030. The lowest BCUT2D eigenvalue weighted by atomic mass is 9.75. The molecule has 2 atom stereocenters. The number of nitrogens with zero attached hydrogens (tertiary/aromatic N) is 1. The first kappa shape index (κ1) is 22.8. The highest BCUT2D eigenvalue weighted by molar-refractivity contribution is 5.82. The molecule has 5 nitrogen and oxygen atoms in total. The van der Waals surface area contributed by atoms with E-state index in [2.05, 4.69) is 48.5 Å². The third-order valence-electron chi connectivity index (χ3n) is 8.81. The number of ketones is 1. The summed E-state index contributed by atoms with van der Waals surface area (Å²) in [5.41, 5.74) is 4.95. The summed E-state index contributed by atoms with van der Waals surface area (Å²) >= 11 is 0. The molecule has 0 N–H and O–H groups in total. The molecule has 5 heteroatoms. The molecule has 3 fully saturated rings. The number of piperidine rings is 2. The molecule has 1 aliphatic carbocycles. The minimum absolute atomic E-state index is 0.0739. The molecule has 3 aliphatic heterocycles. The fraction of sp³-hybridized carbons (Fsp3) is 0.533. The van der Waals surface area contributed by atoms with Crippen molar-refractivity contribution in [3.63, 3.8) is 0 Å². The van der Waals surface area contributed by atoms with Gasteiger partial charge in [0.05, 0.1) is 0 Å². The number of amides is 1. The Balaban J connectivity index is 1.11. The van der Waals surface area contributed by atoms with Crippen molar-refractivity contribution >= 4 is 11.9 Å². The summed E-state index contributed by atoms with van der Waals surface area (Å²) in [6.45, 7) is 1.92. The molecule has 3 heterocycles. The van der Waals surface area contributed by atoms with Crippen LogP contribution in [0.1, 0.15) is 68.4 Å². The topological polar surface area (TPSA) is 55.8 Å². The van der Waals surface area contributed by atoms with E-state index in [9.17, 15) is 9.59 Å². The van der Waals surface area contributed by atoms with Crippen molar-refractivity contribution in [1.29, 1.82) is 0 Å². The van der Waals surface area contributed by atoms with Gasteiger partial charge in [0, 0.05) is 43.6 Å². The fourth-order valence-corrected chi connectivity index (χ4v) is 7.01. The van der Waals surface area contributed by atoms with Gasteiger partial charge in [0.15, 0.2) is 0 Å². The van der Waals surface area contributed by atoms with Gasteiger partial charge in [-0.3, -0.25) is 4.79 Å². The van der Waals surface area contributed by atoms with Crippen molar-refractivity contribution in [1.82, 2.24) is 4.90 Å². The van der Waals surface area contributed by atoms with E-state index in [4.69, 9.17) is 9.47 Å². The van der Waals surface area contributed by atoms with Crippen LogP contribution in [0.25, 0.3) is 11.1 Å². The molecule has 3 saturated heterocycles. The van der Waals surface area contributed by atoms with Gasteiger partial charge in [-0.15, -0.1) is 0 Å². The van der Waals surface area contributed by atoms with E-state index < -0.39 is 0 Å². The first-order chi connectivity index (χ1) is 17.2. The lowest BCUT2D eigenvalue weighted by molar-refractivity contribution is -0.128. The zero-order chi connectivity index (χ0) is 23.8. The van der Waals surface area contributed by atoms with Gasteiger partial charge in [-0.05, 0) is 73.1 Å². The van der Waals surface area contributed by atoms with Crippen molar-refractivity contribution < 1.29 is 19.1 Å². The zero-order valence-electron chi connectivity index (χ0n) is 20.4. The maximum absolute atomic E-state index is 13.4. The van der Waals surface area contributed by atoms with Gasteiger partial charge in [-0.25, -0.2) is 4.79 Å². The maximum Gasteiger partial charge on any atom is 0.410 e. The fourth-order valence-electron chi connectivity index (χ4n) is 7.01. The van der Waals surface area contributed by atoms with Crippen LogP contribution in [0.5, 0.6) is 0 Å². The van der Waals surface area contributed by atoms with Gasteiger partial charge < -0.3 is 14.4 Å². The molecule has 0 radical (unpaired) electrons. The van der Waals surface area contributed by atoms with Crippen molar-refractivity contribution in [3.05, 3.63) is 59.7 Å². The van der Waals surface area contributed by atoms with Crippen LogP contribution >= 0.6 is 0 Å². The smallest absolute Gasteiger partial charge is 0.410 e. The molecule has 2 aromatic rings. The van der Waals surface area contributed by atoms with E-state index in [1.54, 1.807) is 0 Å². The largest absolute Gasteiger partial charge is 0.448 e. The highest BCUT2D eigenvalue weighted by Crippen LogP contribution is 2.45. The minimum Gasteiger partial charge on any atom is -0.448 e. The molecule has 6 rings (SSSR count). The molecule has 184 valence electrons. The second-order valence-corrected chi connectivity index (χ2v) is 10.8. The summed E-state index contributed by atoms with van der Waals surface area (Å²) in [7, 11) is 0. The van der Waals surface area contributed by atoms with Gasteiger partial charge in [0.2, 0.25) is 0 Å². The highest BCUT2D eigenvalue weighted by atomic mass is 16.6. The molecule has 1 amide bonds. The van der Waals surface area contributed by atoms with Crippen molar-refractivity contribution in [2.45, 2.75) is 69.4 Å². The number of benzene rings is 2. The number of hydrogen-bond donors (Lipinski definition) is 0. The molecule has 35 heavy (non-hydrogen) atoms. The second-order valence-electron chi connectivity index (χ2n) is 10.8. The number of Topliss-reactive ketones (excluding diaryl/α,β-unsaturated/α-hetero) is 1. The summed E-state index contributed by atoms with van der Waals surface area (Å²) in [5, 5.41) is 0. The minimum atomic E-state index is -0.197. The first-order valence-corrected chi connectivity index (χ1v) is 13.4. The van der Waals surface area contributed by atoms with E-state index in [0.29, 0.717) is 24.7 Å². The number of carbonyl (C=O) groups is 2. The molecular formula is C30H35NO4. The van der Waals surface area contributed by atoms with E-state index in [-0.39, 0.29) is 30.0 Å². The van der Waals surface area contributed by atoms with E-state index in [1.165, 1.54) is 22.3 Å². The van der Waals surface area contributed by atoms with Crippen LogP contribution in [0.2, 0.25) is 0 Å². The number of carbonyl (C=O) groups excluding carboxylic acids is 2. The Morgan fingerprint density at radius 3 is 2.09 bits per heavy atom. The number of hydrogen-bond acceptors (Lipinski definition) is 4. The summed E-state index contributed by atoms with van der Waals surface area (Å²) in [5.74, 6) is 1.04. The Labute approximate surface area is 207 Å². The molecule has 0 spiro atoms. The Morgan fingerprint density at radius 1 is 0.857 bits per heavy atom. The Hall–Kier alpha value is -2.66. The lowest BCUT2D eigenvalue weighted by Crippen LogP contribution is -2.56. The molecule has 2 bridgehead atoms. The van der Waals surface area contributed by atoms with Crippen molar-refractivity contribution in [3.8, 4) is 11.1 Å². The molecule has 2 unspecified atom stereocenters. The van der Waals surface area contributed by atoms with Gasteiger partial charge >= 0.3 is 6.09 Å². The molecule has 0 saturated carbocycles. The van der Waals surface area contributed by atoms with E-state index in [1.807, 2.05) is 4.90 Å².